The second-order valence-electron chi connectivity index (χ2n) is 11.4. The summed E-state index contributed by atoms with van der Waals surface area (Å²) in [5.74, 6) is -0.353. The summed E-state index contributed by atoms with van der Waals surface area (Å²) in [7, 11) is -3.76. The second kappa shape index (κ2) is 13.8. The van der Waals surface area contributed by atoms with Crippen LogP contribution in [-0.2, 0) is 31.0 Å². The Morgan fingerprint density at radius 1 is 0.977 bits per heavy atom. The summed E-state index contributed by atoms with van der Waals surface area (Å²) in [6.07, 6.45) is 2.35. The number of piperidine rings is 1. The number of nitrogens with one attached hydrogen (secondary N) is 2. The Morgan fingerprint density at radius 2 is 1.68 bits per heavy atom. The van der Waals surface area contributed by atoms with Crippen LogP contribution in [0.4, 0.5) is 4.79 Å². The normalized spacial score (nSPS) is 18.8. The summed E-state index contributed by atoms with van der Waals surface area (Å²) >= 11 is 0. The summed E-state index contributed by atoms with van der Waals surface area (Å²) in [4.78, 5) is 41.1. The zero-order valence-corrected chi connectivity index (χ0v) is 25.9. The summed E-state index contributed by atoms with van der Waals surface area (Å²) in [5.41, 5.74) is -0.163. The van der Waals surface area contributed by atoms with Crippen LogP contribution in [0.25, 0.3) is 10.8 Å². The molecule has 5 rings (SSSR count). The van der Waals surface area contributed by atoms with Gasteiger partial charge in [0.15, 0.2) is 0 Å². The highest BCUT2D eigenvalue weighted by molar-refractivity contribution is 7.89. The molecule has 1 atom stereocenters. The monoisotopic (exact) mass is 620 g/mol. The van der Waals surface area contributed by atoms with E-state index in [1.165, 1.54) is 4.31 Å². The molecule has 3 aromatic carbocycles. The van der Waals surface area contributed by atoms with E-state index in [4.69, 9.17) is 4.74 Å². The maximum Gasteiger partial charge on any atom is 0.407 e. The SMILES string of the molecule is CCCN1C(=O)[C@H](CCCCNC(=O)OCc2ccccc2)NC(=O)C12CCN(S(=O)(=O)c1ccc3ccccc3c1)CC2. The fourth-order valence-electron chi connectivity index (χ4n) is 6.13. The molecule has 2 fully saturated rings. The van der Waals surface area contributed by atoms with E-state index < -0.39 is 27.7 Å². The number of hydrogen-bond acceptors (Lipinski definition) is 6. The average Bonchev–Trinajstić information content (AvgIpc) is 3.04. The number of benzene rings is 3. The van der Waals surface area contributed by atoms with Gasteiger partial charge in [-0.25, -0.2) is 13.2 Å². The molecule has 234 valence electrons. The molecule has 3 aromatic rings. The minimum Gasteiger partial charge on any atom is -0.445 e. The lowest BCUT2D eigenvalue weighted by Crippen LogP contribution is -2.73. The van der Waals surface area contributed by atoms with Crippen molar-refractivity contribution in [1.29, 1.82) is 0 Å². The number of fused-ring (bicyclic) bond motifs is 1. The van der Waals surface area contributed by atoms with Gasteiger partial charge in [0.05, 0.1) is 4.90 Å². The standard InChI is InChI=1S/C33H40N4O6S/c1-2-20-37-30(38)29(14-8-9-19-34-32(40)43-24-25-10-4-3-5-11-25)35-31(39)33(37)17-21-36(22-18-33)44(41,42)28-16-15-26-12-6-7-13-27(26)23-28/h3-7,10-13,15-16,23,29H,2,8-9,14,17-22,24H2,1H3,(H,34,40)(H,35,39)/t29-/m0/s1. The van der Waals surface area contributed by atoms with Crippen LogP contribution in [0, 0.1) is 0 Å². The molecule has 2 aliphatic rings. The van der Waals surface area contributed by atoms with Gasteiger partial charge < -0.3 is 20.3 Å². The summed E-state index contributed by atoms with van der Waals surface area (Å²) in [5, 5.41) is 7.48. The van der Waals surface area contributed by atoms with E-state index in [2.05, 4.69) is 10.6 Å². The summed E-state index contributed by atoms with van der Waals surface area (Å²) in [6, 6.07) is 21.5. The molecule has 44 heavy (non-hydrogen) atoms. The zero-order chi connectivity index (χ0) is 31.2. The number of rotatable bonds is 11. The lowest BCUT2D eigenvalue weighted by Gasteiger charge is -2.51. The zero-order valence-electron chi connectivity index (χ0n) is 25.0. The first-order chi connectivity index (χ1) is 21.2. The molecule has 2 aliphatic heterocycles. The predicted molar refractivity (Wildman–Crippen MR) is 167 cm³/mol. The molecule has 0 aliphatic carbocycles. The molecule has 3 amide bonds. The van der Waals surface area contributed by atoms with Gasteiger partial charge in [-0.15, -0.1) is 0 Å². The van der Waals surface area contributed by atoms with Crippen molar-refractivity contribution < 1.29 is 27.5 Å². The van der Waals surface area contributed by atoms with Crippen LogP contribution in [0.3, 0.4) is 0 Å². The summed E-state index contributed by atoms with van der Waals surface area (Å²) in [6.45, 7) is 3.27. The topological polar surface area (TPSA) is 125 Å². The molecule has 0 aromatic heterocycles. The van der Waals surface area contributed by atoms with E-state index >= 15 is 0 Å². The fraction of sp³-hybridized carbons (Fsp3) is 0.424. The molecule has 1 spiro atoms. The van der Waals surface area contributed by atoms with Gasteiger partial charge in [-0.3, -0.25) is 9.59 Å². The molecule has 11 heteroatoms. The van der Waals surface area contributed by atoms with Gasteiger partial charge in [0.2, 0.25) is 21.8 Å². The van der Waals surface area contributed by atoms with Gasteiger partial charge in [-0.1, -0.05) is 67.6 Å². The van der Waals surface area contributed by atoms with Gasteiger partial charge in [0, 0.05) is 26.2 Å². The van der Waals surface area contributed by atoms with E-state index in [-0.39, 0.29) is 49.2 Å². The number of carbonyl (C=O) groups excluding carboxylic acids is 3. The number of amides is 3. The minimum atomic E-state index is -3.76. The Labute approximate surface area is 258 Å². The third kappa shape index (κ3) is 6.73. The number of sulfonamides is 1. The Morgan fingerprint density at radius 3 is 2.41 bits per heavy atom. The minimum absolute atomic E-state index is 0.132. The average molecular weight is 621 g/mol. The van der Waals surface area contributed by atoms with Gasteiger partial charge in [0.1, 0.15) is 18.2 Å². The van der Waals surface area contributed by atoms with Gasteiger partial charge in [-0.05, 0) is 67.0 Å². The fourth-order valence-corrected chi connectivity index (χ4v) is 7.61. The number of ether oxygens (including phenoxy) is 1. The van der Waals surface area contributed by atoms with Crippen molar-refractivity contribution in [3.63, 3.8) is 0 Å². The first-order valence-corrected chi connectivity index (χ1v) is 16.7. The van der Waals surface area contributed by atoms with Crippen molar-refractivity contribution in [2.75, 3.05) is 26.2 Å². The van der Waals surface area contributed by atoms with Crippen LogP contribution in [0.5, 0.6) is 0 Å². The molecule has 10 nitrogen and oxygen atoms in total. The smallest absolute Gasteiger partial charge is 0.407 e. The van der Waals surface area contributed by atoms with Crippen molar-refractivity contribution in [3.05, 3.63) is 78.4 Å². The maximum absolute atomic E-state index is 13.6. The first-order valence-electron chi connectivity index (χ1n) is 15.3. The number of hydrogen-bond donors (Lipinski definition) is 2. The number of piperazine rings is 1. The molecule has 2 heterocycles. The first kappa shape index (κ1) is 31.5. The quantitative estimate of drug-likeness (QED) is 0.310. The number of alkyl carbamates (subject to hydrolysis) is 1. The maximum atomic E-state index is 13.6. The van der Waals surface area contributed by atoms with Crippen LogP contribution in [-0.4, -0.2) is 73.3 Å². The Kier molecular flexibility index (Phi) is 9.85. The van der Waals surface area contributed by atoms with Gasteiger partial charge in [0.25, 0.3) is 0 Å². The lowest BCUT2D eigenvalue weighted by molar-refractivity contribution is -0.160. The van der Waals surface area contributed by atoms with Gasteiger partial charge in [-0.2, -0.15) is 4.31 Å². The van der Waals surface area contributed by atoms with Crippen molar-refractivity contribution in [1.82, 2.24) is 19.8 Å². The Balaban J connectivity index is 1.14. The van der Waals surface area contributed by atoms with Crippen LogP contribution in [0.1, 0.15) is 51.0 Å². The number of nitrogens with zero attached hydrogens (tertiary/aromatic N) is 2. The van der Waals surface area contributed by atoms with Crippen molar-refractivity contribution in [2.24, 2.45) is 0 Å². The highest BCUT2D eigenvalue weighted by Crippen LogP contribution is 2.36. The molecule has 2 N–H and O–H groups in total. The third-order valence-electron chi connectivity index (χ3n) is 8.57. The molecular formula is C33H40N4O6S. The molecule has 0 saturated carbocycles. The van der Waals surface area contributed by atoms with Crippen molar-refractivity contribution >= 4 is 38.7 Å². The molecule has 0 radical (unpaired) electrons. The van der Waals surface area contributed by atoms with E-state index in [0.29, 0.717) is 38.8 Å². The lowest BCUT2D eigenvalue weighted by atomic mass is 9.81. The third-order valence-corrected chi connectivity index (χ3v) is 10.5. The van der Waals surface area contributed by atoms with Crippen LogP contribution >= 0.6 is 0 Å². The predicted octanol–water partition coefficient (Wildman–Crippen LogP) is 4.20. The van der Waals surface area contributed by atoms with E-state index in [9.17, 15) is 22.8 Å². The van der Waals surface area contributed by atoms with Crippen LogP contribution in [0.2, 0.25) is 0 Å². The summed E-state index contributed by atoms with van der Waals surface area (Å²) < 4.78 is 33.7. The molecule has 0 bridgehead atoms. The number of carbonyl (C=O) groups is 3. The van der Waals surface area contributed by atoms with Crippen molar-refractivity contribution in [3.8, 4) is 0 Å². The molecule has 2 saturated heterocycles. The van der Waals surface area contributed by atoms with Gasteiger partial charge >= 0.3 is 6.09 Å². The van der Waals surface area contributed by atoms with Crippen molar-refractivity contribution in [2.45, 2.75) is 68.5 Å². The van der Waals surface area contributed by atoms with E-state index in [0.717, 1.165) is 16.3 Å². The van der Waals surface area contributed by atoms with E-state index in [1.54, 1.807) is 23.1 Å². The Hall–Kier alpha value is -3.96. The highest BCUT2D eigenvalue weighted by Gasteiger charge is 2.54. The molecular weight excluding hydrogens is 580 g/mol. The van der Waals surface area contributed by atoms with Crippen LogP contribution in [0.15, 0.2) is 77.7 Å². The molecule has 0 unspecified atom stereocenters. The second-order valence-corrected chi connectivity index (χ2v) is 13.4. The van der Waals surface area contributed by atoms with E-state index in [1.807, 2.05) is 61.5 Å². The highest BCUT2D eigenvalue weighted by atomic mass is 32.2. The Bertz CT molecular complexity index is 1590. The van der Waals surface area contributed by atoms with Crippen LogP contribution < -0.4 is 10.6 Å². The number of unbranched alkanes of at least 4 members (excludes halogenated alkanes) is 1. The largest absolute Gasteiger partial charge is 0.445 e.